The maximum absolute atomic E-state index is 12.1. The Labute approximate surface area is 225 Å². The number of carbonyl (C=O) groups excluding carboxylic acids is 1. The van der Waals surface area contributed by atoms with Gasteiger partial charge >= 0.3 is 6.09 Å². The van der Waals surface area contributed by atoms with Crippen LogP contribution in [0.3, 0.4) is 0 Å². The Morgan fingerprint density at radius 1 is 0.971 bits per heavy atom. The Kier molecular flexibility index (Phi) is 8.41. The minimum atomic E-state index is -1.34. The summed E-state index contributed by atoms with van der Waals surface area (Å²) in [6, 6.07) is 10.8. The topological polar surface area (TPSA) is 53.0 Å². The number of ether oxygens (including phenoxy) is 1. The molecule has 2 aromatic rings. The summed E-state index contributed by atoms with van der Waals surface area (Å²) in [6.07, 6.45) is 2.66. The van der Waals surface area contributed by atoms with Crippen molar-refractivity contribution in [3.05, 3.63) is 73.7 Å². The van der Waals surface area contributed by atoms with E-state index in [0.29, 0.717) is 52.6 Å². The van der Waals surface area contributed by atoms with Gasteiger partial charge in [-0.15, -0.1) is 12.4 Å². The predicted molar refractivity (Wildman–Crippen MR) is 141 cm³/mol. The highest BCUT2D eigenvalue weighted by Crippen LogP contribution is 2.43. The first kappa shape index (κ1) is 27.4. The van der Waals surface area contributed by atoms with Gasteiger partial charge in [-0.25, -0.2) is 4.79 Å². The molecule has 2 fully saturated rings. The smallest absolute Gasteiger partial charge is 0.412 e. The lowest BCUT2D eigenvalue weighted by atomic mass is 9.82. The van der Waals surface area contributed by atoms with Gasteiger partial charge < -0.3 is 9.84 Å². The third-order valence-corrected chi connectivity index (χ3v) is 7.51. The lowest BCUT2D eigenvalue weighted by Gasteiger charge is -2.44. The molecule has 2 heterocycles. The van der Waals surface area contributed by atoms with E-state index in [4.69, 9.17) is 51.1 Å². The first-order valence-electron chi connectivity index (χ1n) is 10.6. The predicted octanol–water partition coefficient (Wildman–Crippen LogP) is 6.78. The molecule has 0 aliphatic carbocycles. The number of amides is 1. The van der Waals surface area contributed by atoms with E-state index in [1.807, 2.05) is 24.3 Å². The van der Waals surface area contributed by atoms with E-state index >= 15 is 0 Å². The first-order chi connectivity index (χ1) is 15.5. The maximum Gasteiger partial charge on any atom is 0.412 e. The van der Waals surface area contributed by atoms with Gasteiger partial charge in [0.25, 0.3) is 0 Å². The van der Waals surface area contributed by atoms with E-state index in [2.05, 4.69) is 11.0 Å². The molecule has 5 nitrogen and oxygen atoms in total. The molecule has 1 amide bonds. The van der Waals surface area contributed by atoms with Crippen molar-refractivity contribution >= 4 is 70.5 Å². The summed E-state index contributed by atoms with van der Waals surface area (Å²) in [5.41, 5.74) is 0.375. The molecule has 0 bridgehead atoms. The van der Waals surface area contributed by atoms with Gasteiger partial charge in [0, 0.05) is 59.6 Å². The van der Waals surface area contributed by atoms with Crippen molar-refractivity contribution in [3.8, 4) is 0 Å². The first-order valence-corrected chi connectivity index (χ1v) is 12.1. The maximum atomic E-state index is 12.1. The van der Waals surface area contributed by atoms with E-state index in [9.17, 15) is 9.90 Å². The van der Waals surface area contributed by atoms with E-state index in [1.165, 1.54) is 4.90 Å². The van der Waals surface area contributed by atoms with Crippen LogP contribution >= 0.6 is 58.8 Å². The highest BCUT2D eigenvalue weighted by molar-refractivity contribution is 6.35. The van der Waals surface area contributed by atoms with Crippen molar-refractivity contribution in [2.24, 2.45) is 0 Å². The van der Waals surface area contributed by atoms with Gasteiger partial charge in [0.15, 0.2) is 11.3 Å². The third kappa shape index (κ3) is 5.31. The van der Waals surface area contributed by atoms with Gasteiger partial charge in [-0.2, -0.15) is 0 Å². The average molecular weight is 567 g/mol. The number of piperidine rings is 1. The summed E-state index contributed by atoms with van der Waals surface area (Å²) < 4.78 is 5.62. The van der Waals surface area contributed by atoms with Gasteiger partial charge in [-0.3, -0.25) is 9.80 Å². The fourth-order valence-corrected chi connectivity index (χ4v) is 5.58. The van der Waals surface area contributed by atoms with Gasteiger partial charge in [-0.1, -0.05) is 52.5 Å². The van der Waals surface area contributed by atoms with E-state index < -0.39 is 17.4 Å². The summed E-state index contributed by atoms with van der Waals surface area (Å²) in [5, 5.41) is 13.0. The molecule has 2 saturated heterocycles. The number of likely N-dealkylation sites (tertiary alicyclic amines) is 1. The zero-order valence-electron chi connectivity index (χ0n) is 18.7. The van der Waals surface area contributed by atoms with Crippen LogP contribution in [-0.2, 0) is 4.74 Å². The second-order valence-corrected chi connectivity index (χ2v) is 10.4. The van der Waals surface area contributed by atoms with Crippen molar-refractivity contribution in [2.75, 3.05) is 26.7 Å². The van der Waals surface area contributed by atoms with E-state index in [-0.39, 0.29) is 12.4 Å². The third-order valence-electron chi connectivity index (χ3n) is 6.64. The number of likely N-dealkylation sites (N-methyl/N-ethyl adjacent to an activating group) is 1. The minimum Gasteiger partial charge on any atom is -0.437 e. The molecule has 1 spiro atoms. The Morgan fingerprint density at radius 2 is 1.41 bits per heavy atom. The summed E-state index contributed by atoms with van der Waals surface area (Å²) in [6.45, 7) is 3.59. The number of rotatable bonds is 4. The van der Waals surface area contributed by atoms with Crippen LogP contribution in [0.1, 0.15) is 30.9 Å². The molecule has 0 aromatic heterocycles. The van der Waals surface area contributed by atoms with E-state index in [1.54, 1.807) is 26.1 Å². The van der Waals surface area contributed by atoms with E-state index in [0.717, 1.165) is 16.7 Å². The Hall–Kier alpha value is -1.18. The molecule has 34 heavy (non-hydrogen) atoms. The van der Waals surface area contributed by atoms with Crippen LogP contribution < -0.4 is 0 Å². The normalized spacial score (nSPS) is 21.9. The molecule has 1 unspecified atom stereocenters. The van der Waals surface area contributed by atoms with Crippen molar-refractivity contribution in [3.63, 3.8) is 0 Å². The lowest BCUT2D eigenvalue weighted by molar-refractivity contribution is -0.160. The number of aliphatic hydroxyl groups is 1. The molecular formula is C24H25Cl5N2O3. The number of hydrogen-bond donors (Lipinski definition) is 1. The molecule has 10 heteroatoms. The van der Waals surface area contributed by atoms with Gasteiger partial charge in [0.2, 0.25) is 0 Å². The number of hydrogen-bond acceptors (Lipinski definition) is 4. The molecule has 4 rings (SSSR count). The van der Waals surface area contributed by atoms with Crippen LogP contribution in [0.25, 0.3) is 5.57 Å². The van der Waals surface area contributed by atoms with Crippen LogP contribution in [0.4, 0.5) is 4.79 Å². The number of halogens is 5. The van der Waals surface area contributed by atoms with Crippen LogP contribution in [0, 0.1) is 0 Å². The molecule has 2 aliphatic rings. The highest BCUT2D eigenvalue weighted by Gasteiger charge is 2.61. The van der Waals surface area contributed by atoms with Crippen molar-refractivity contribution in [2.45, 2.75) is 31.1 Å². The average Bonchev–Trinajstić information content (AvgIpc) is 2.88. The largest absolute Gasteiger partial charge is 0.437 e. The standard InChI is InChI=1S/C24H24Cl4N2O3.ClH/c1-23(32)24(33-22(31)29(23)2)4-7-30(8-5-24)6-3-21(15-9-17(25)13-18(26)10-15)16-11-19(27)14-20(28)12-16;/h3,9-14,32H,4-8H2,1-2H3;1H. The van der Waals surface area contributed by atoms with Crippen LogP contribution in [0.5, 0.6) is 0 Å². The molecule has 2 aromatic carbocycles. The Bertz CT molecular complexity index is 1020. The Morgan fingerprint density at radius 3 is 1.79 bits per heavy atom. The van der Waals surface area contributed by atoms with Crippen LogP contribution in [0.2, 0.25) is 20.1 Å². The monoisotopic (exact) mass is 564 g/mol. The number of benzene rings is 2. The fraction of sp³-hybridized carbons (Fsp3) is 0.375. The fourth-order valence-electron chi connectivity index (χ4n) is 4.53. The summed E-state index contributed by atoms with van der Waals surface area (Å²) in [7, 11) is 1.56. The zero-order valence-corrected chi connectivity index (χ0v) is 22.5. The molecule has 1 atom stereocenters. The molecule has 184 valence electrons. The molecule has 0 saturated carbocycles. The van der Waals surface area contributed by atoms with Gasteiger partial charge in [0.05, 0.1) is 0 Å². The minimum absolute atomic E-state index is 0. The quantitative estimate of drug-likeness (QED) is 0.443. The van der Waals surface area contributed by atoms with Crippen LogP contribution in [0.15, 0.2) is 42.5 Å². The lowest BCUT2D eigenvalue weighted by Crippen LogP contribution is -2.59. The van der Waals surface area contributed by atoms with Crippen molar-refractivity contribution in [1.82, 2.24) is 9.80 Å². The summed E-state index contributed by atoms with van der Waals surface area (Å²) in [4.78, 5) is 15.6. The van der Waals surface area contributed by atoms with Gasteiger partial charge in [-0.05, 0) is 60.0 Å². The Balaban J connectivity index is 0.00000324. The molecule has 0 radical (unpaired) electrons. The SMILES string of the molecule is CN1C(=O)OC2(CCN(CC=C(c3cc(Cl)cc(Cl)c3)c3cc(Cl)cc(Cl)c3)CC2)C1(C)O.Cl. The second kappa shape index (κ2) is 10.4. The van der Waals surface area contributed by atoms with Crippen molar-refractivity contribution < 1.29 is 14.6 Å². The molecule has 2 aliphatic heterocycles. The number of nitrogens with zero attached hydrogens (tertiary/aromatic N) is 2. The highest BCUT2D eigenvalue weighted by atomic mass is 35.5. The summed E-state index contributed by atoms with van der Waals surface area (Å²) >= 11 is 25.1. The van der Waals surface area contributed by atoms with Gasteiger partial charge in [0.1, 0.15) is 0 Å². The number of carbonyl (C=O) groups is 1. The van der Waals surface area contributed by atoms with Crippen molar-refractivity contribution in [1.29, 1.82) is 0 Å². The van der Waals surface area contributed by atoms with Crippen LogP contribution in [-0.4, -0.2) is 59.0 Å². The zero-order chi connectivity index (χ0) is 24.0. The second-order valence-electron chi connectivity index (χ2n) is 8.68. The molecular weight excluding hydrogens is 542 g/mol. The summed E-state index contributed by atoms with van der Waals surface area (Å²) in [5.74, 6) is 0. The molecule has 1 N–H and O–H groups in total.